The number of hydrogen-bond donors (Lipinski definition) is 2. The van der Waals surface area contributed by atoms with E-state index in [4.69, 9.17) is 0 Å². The molecule has 0 aliphatic carbocycles. The summed E-state index contributed by atoms with van der Waals surface area (Å²) >= 11 is 0. The van der Waals surface area contributed by atoms with Crippen LogP contribution in [-0.4, -0.2) is 23.3 Å². The number of rotatable bonds is 3. The minimum absolute atomic E-state index is 0.865. The molecule has 0 amide bonds. The molecular weight excluding hydrogens is 122 g/mol. The molecule has 0 unspecified atom stereocenters. The Bertz CT molecular complexity index is 96.6. The van der Waals surface area contributed by atoms with Crippen LogP contribution in [0.15, 0.2) is 0 Å². The summed E-state index contributed by atoms with van der Waals surface area (Å²) in [5, 5.41) is 0. The summed E-state index contributed by atoms with van der Waals surface area (Å²) in [7, 11) is -1.93. The first-order valence-corrected chi connectivity index (χ1v) is 5.46. The topological polar surface area (TPSA) is 29.1 Å². The summed E-state index contributed by atoms with van der Waals surface area (Å²) in [5.74, 6) is 0. The van der Waals surface area contributed by atoms with Gasteiger partial charge in [0.15, 0.2) is 0 Å². The van der Waals surface area contributed by atoms with Gasteiger partial charge in [-0.25, -0.2) is 0 Å². The third-order valence-electron chi connectivity index (χ3n) is 0.743. The fraction of sp³-hybridized carbons (Fsp3) is 1.00. The van der Waals surface area contributed by atoms with Crippen molar-refractivity contribution in [3.63, 3.8) is 0 Å². The fourth-order valence-corrected chi connectivity index (χ4v) is 1.14. The van der Waals surface area contributed by atoms with Crippen molar-refractivity contribution in [3.8, 4) is 0 Å². The SMILES string of the molecule is CCCN[SH](C)(C)=O. The van der Waals surface area contributed by atoms with Crippen LogP contribution in [0.5, 0.6) is 0 Å². The first-order valence-electron chi connectivity index (χ1n) is 2.86. The molecule has 0 heterocycles. The molecule has 0 aromatic heterocycles. The Morgan fingerprint density at radius 2 is 2.00 bits per heavy atom. The zero-order chi connectivity index (χ0) is 6.62. The molecule has 8 heavy (non-hydrogen) atoms. The van der Waals surface area contributed by atoms with Gasteiger partial charge in [0.1, 0.15) is 0 Å². The standard InChI is InChI=1S/C5H15NOS/c1-4-5-6-8(2,3)7/h8H,4-5H2,1-3H3,(H,6,7). The van der Waals surface area contributed by atoms with Crippen LogP contribution in [0.4, 0.5) is 0 Å². The Hall–Kier alpha value is 0.110. The molecule has 0 saturated carbocycles. The minimum atomic E-state index is -1.93. The van der Waals surface area contributed by atoms with Crippen molar-refractivity contribution in [3.05, 3.63) is 0 Å². The van der Waals surface area contributed by atoms with Crippen LogP contribution in [0.25, 0.3) is 0 Å². The third kappa shape index (κ3) is 6.11. The van der Waals surface area contributed by atoms with E-state index in [1.807, 2.05) is 0 Å². The number of hydrogen-bond acceptors (Lipinski definition) is 1. The molecule has 0 saturated heterocycles. The summed E-state index contributed by atoms with van der Waals surface area (Å²) < 4.78 is 13.8. The molecule has 0 aromatic carbocycles. The second-order valence-corrected chi connectivity index (χ2v) is 5.28. The van der Waals surface area contributed by atoms with Crippen LogP contribution in [-0.2, 0) is 10.1 Å². The summed E-state index contributed by atoms with van der Waals surface area (Å²) in [6.45, 7) is 2.92. The molecule has 0 rings (SSSR count). The highest BCUT2D eigenvalue weighted by molar-refractivity contribution is 7.99. The van der Waals surface area contributed by atoms with Gasteiger partial charge in [0.05, 0.1) is 0 Å². The van der Waals surface area contributed by atoms with Crippen LogP contribution in [0.1, 0.15) is 13.3 Å². The number of nitrogens with one attached hydrogen (secondary N) is 1. The molecular formula is C5H15NOS. The Balaban J connectivity index is 3.26. The van der Waals surface area contributed by atoms with Gasteiger partial charge in [-0.3, -0.25) is 8.93 Å². The van der Waals surface area contributed by atoms with Gasteiger partial charge < -0.3 is 0 Å². The third-order valence-corrected chi connectivity index (χ3v) is 1.73. The van der Waals surface area contributed by atoms with E-state index in [0.29, 0.717) is 0 Å². The lowest BCUT2D eigenvalue weighted by molar-refractivity contribution is 0.665. The van der Waals surface area contributed by atoms with Crippen LogP contribution in [0.2, 0.25) is 0 Å². The molecule has 0 aliphatic heterocycles. The first kappa shape index (κ1) is 8.11. The van der Waals surface area contributed by atoms with E-state index in [0.717, 1.165) is 13.0 Å². The monoisotopic (exact) mass is 137 g/mol. The Kier molecular flexibility index (Phi) is 3.24. The van der Waals surface area contributed by atoms with Crippen molar-refractivity contribution in [2.75, 3.05) is 19.1 Å². The zero-order valence-electron chi connectivity index (χ0n) is 5.77. The van der Waals surface area contributed by atoms with Crippen molar-refractivity contribution < 1.29 is 4.21 Å². The summed E-state index contributed by atoms with van der Waals surface area (Å²) in [6, 6.07) is 0. The smallest absolute Gasteiger partial charge is 0.00600 e. The second-order valence-electron chi connectivity index (χ2n) is 2.26. The van der Waals surface area contributed by atoms with Crippen LogP contribution in [0, 0.1) is 0 Å². The van der Waals surface area contributed by atoms with E-state index < -0.39 is 10.1 Å². The molecule has 3 heteroatoms. The second kappa shape index (κ2) is 3.20. The lowest BCUT2D eigenvalue weighted by Gasteiger charge is -2.12. The van der Waals surface area contributed by atoms with Crippen molar-refractivity contribution in [1.82, 2.24) is 4.72 Å². The predicted octanol–water partition coefficient (Wildman–Crippen LogP) is 0.177. The fourth-order valence-electron chi connectivity index (χ4n) is 0.381. The zero-order valence-corrected chi connectivity index (χ0v) is 6.66. The van der Waals surface area contributed by atoms with Gasteiger partial charge in [-0.15, -0.1) is 0 Å². The van der Waals surface area contributed by atoms with Gasteiger partial charge in [0, 0.05) is 19.1 Å². The maximum absolute atomic E-state index is 10.9. The predicted molar refractivity (Wildman–Crippen MR) is 39.7 cm³/mol. The Morgan fingerprint density at radius 1 is 1.50 bits per heavy atom. The van der Waals surface area contributed by atoms with Crippen LogP contribution < -0.4 is 4.72 Å². The highest BCUT2D eigenvalue weighted by Crippen LogP contribution is 1.83. The summed E-state index contributed by atoms with van der Waals surface area (Å²) in [4.78, 5) is 0. The molecule has 0 aliphatic rings. The summed E-state index contributed by atoms with van der Waals surface area (Å²) in [5.41, 5.74) is 0. The number of thiol groups is 1. The normalized spacial score (nSPS) is 13.9. The van der Waals surface area contributed by atoms with Gasteiger partial charge in [0.2, 0.25) is 0 Å². The lowest BCUT2D eigenvalue weighted by atomic mass is 10.5. The van der Waals surface area contributed by atoms with Gasteiger partial charge >= 0.3 is 0 Å². The highest BCUT2D eigenvalue weighted by atomic mass is 32.3. The van der Waals surface area contributed by atoms with Crippen molar-refractivity contribution in [2.24, 2.45) is 0 Å². The Morgan fingerprint density at radius 3 is 2.12 bits per heavy atom. The van der Waals surface area contributed by atoms with Gasteiger partial charge in [-0.05, 0) is 6.42 Å². The van der Waals surface area contributed by atoms with Crippen LogP contribution in [0.3, 0.4) is 0 Å². The maximum atomic E-state index is 10.9. The van der Waals surface area contributed by atoms with E-state index in [1.165, 1.54) is 0 Å². The van der Waals surface area contributed by atoms with Gasteiger partial charge in [-0.1, -0.05) is 17.0 Å². The van der Waals surface area contributed by atoms with Crippen molar-refractivity contribution in [2.45, 2.75) is 13.3 Å². The average molecular weight is 137 g/mol. The Labute approximate surface area is 52.2 Å². The largest absolute Gasteiger partial charge is 0.272 e. The van der Waals surface area contributed by atoms with E-state index in [9.17, 15) is 4.21 Å². The van der Waals surface area contributed by atoms with E-state index in [1.54, 1.807) is 12.5 Å². The molecule has 0 fully saturated rings. The molecule has 0 atom stereocenters. The lowest BCUT2D eigenvalue weighted by Crippen LogP contribution is -2.28. The van der Waals surface area contributed by atoms with E-state index in [2.05, 4.69) is 11.6 Å². The van der Waals surface area contributed by atoms with Gasteiger partial charge in [-0.2, -0.15) is 0 Å². The highest BCUT2D eigenvalue weighted by Gasteiger charge is 1.93. The molecule has 52 valence electrons. The minimum Gasteiger partial charge on any atom is -0.272 e. The molecule has 0 bridgehead atoms. The molecule has 0 spiro atoms. The average Bonchev–Trinajstić information content (AvgIpc) is 1.59. The van der Waals surface area contributed by atoms with Crippen molar-refractivity contribution >= 4 is 10.1 Å². The van der Waals surface area contributed by atoms with Crippen LogP contribution >= 0.6 is 0 Å². The van der Waals surface area contributed by atoms with E-state index in [-0.39, 0.29) is 0 Å². The quantitative estimate of drug-likeness (QED) is 0.534. The molecule has 0 aromatic rings. The first-order chi connectivity index (χ1) is 3.56. The van der Waals surface area contributed by atoms with Gasteiger partial charge in [0.25, 0.3) is 0 Å². The molecule has 0 radical (unpaired) electrons. The van der Waals surface area contributed by atoms with Crippen molar-refractivity contribution in [1.29, 1.82) is 0 Å². The molecule has 1 N–H and O–H groups in total. The summed E-state index contributed by atoms with van der Waals surface area (Å²) in [6.07, 6.45) is 4.52. The van der Waals surface area contributed by atoms with E-state index >= 15 is 0 Å². The maximum Gasteiger partial charge on any atom is 0.00600 e. The molecule has 2 nitrogen and oxygen atoms in total.